The van der Waals surface area contributed by atoms with Crippen LogP contribution in [-0.2, 0) is 20.2 Å². The summed E-state index contributed by atoms with van der Waals surface area (Å²) in [6, 6.07) is 9.21. The zero-order valence-corrected chi connectivity index (χ0v) is 13.1. The number of imidazole rings is 1. The van der Waals surface area contributed by atoms with E-state index in [1.807, 2.05) is 36.7 Å². The lowest BCUT2D eigenvalue weighted by Crippen LogP contribution is -2.23. The van der Waals surface area contributed by atoms with Crippen molar-refractivity contribution in [2.75, 3.05) is 0 Å². The van der Waals surface area contributed by atoms with Crippen molar-refractivity contribution in [1.82, 2.24) is 19.9 Å². The standard InChI is InChI=1S/C17H18N4O2/c1-11-20-14-7-12(3-4-16(14)21(11)2)9-19-17(23)15-8-13(10-22)5-6-18-15/h3-8,22H,9-10H2,1-2H3,(H,19,23). The van der Waals surface area contributed by atoms with Crippen LogP contribution in [0.3, 0.4) is 0 Å². The number of rotatable bonds is 4. The lowest BCUT2D eigenvalue weighted by atomic mass is 10.2. The van der Waals surface area contributed by atoms with Gasteiger partial charge in [0.05, 0.1) is 17.6 Å². The van der Waals surface area contributed by atoms with Crippen LogP contribution in [0.4, 0.5) is 0 Å². The van der Waals surface area contributed by atoms with Crippen LogP contribution in [0, 0.1) is 6.92 Å². The van der Waals surface area contributed by atoms with E-state index in [0.29, 0.717) is 17.8 Å². The average molecular weight is 310 g/mol. The Morgan fingerprint density at radius 2 is 2.09 bits per heavy atom. The Labute approximate surface area is 133 Å². The van der Waals surface area contributed by atoms with Gasteiger partial charge in [-0.05, 0) is 42.3 Å². The van der Waals surface area contributed by atoms with Crippen LogP contribution < -0.4 is 5.32 Å². The molecule has 0 unspecified atom stereocenters. The van der Waals surface area contributed by atoms with E-state index in [2.05, 4.69) is 15.3 Å². The molecule has 0 aliphatic rings. The summed E-state index contributed by atoms with van der Waals surface area (Å²) in [7, 11) is 1.98. The minimum Gasteiger partial charge on any atom is -0.392 e. The molecule has 0 aliphatic heterocycles. The average Bonchev–Trinajstić information content (AvgIpc) is 2.86. The molecular weight excluding hydrogens is 292 g/mol. The SMILES string of the molecule is Cc1nc2cc(CNC(=O)c3cc(CO)ccn3)ccc2n1C. The fourth-order valence-corrected chi connectivity index (χ4v) is 2.45. The molecule has 6 nitrogen and oxygen atoms in total. The fraction of sp³-hybridized carbons (Fsp3) is 0.235. The first kappa shape index (κ1) is 15.2. The fourth-order valence-electron chi connectivity index (χ4n) is 2.45. The number of carbonyl (C=O) groups is 1. The molecular formula is C17H18N4O2. The number of aromatic nitrogens is 3. The summed E-state index contributed by atoms with van der Waals surface area (Å²) in [5.41, 5.74) is 3.91. The summed E-state index contributed by atoms with van der Waals surface area (Å²) in [5, 5.41) is 11.9. The molecule has 6 heteroatoms. The van der Waals surface area contributed by atoms with Gasteiger partial charge in [0.1, 0.15) is 11.5 Å². The molecule has 0 spiro atoms. The molecule has 2 aromatic heterocycles. The van der Waals surface area contributed by atoms with Crippen molar-refractivity contribution in [2.24, 2.45) is 7.05 Å². The van der Waals surface area contributed by atoms with Crippen LogP contribution in [-0.4, -0.2) is 25.5 Å². The van der Waals surface area contributed by atoms with Crippen LogP contribution >= 0.6 is 0 Å². The molecule has 0 radical (unpaired) electrons. The highest BCUT2D eigenvalue weighted by Gasteiger charge is 2.09. The highest BCUT2D eigenvalue weighted by atomic mass is 16.3. The van der Waals surface area contributed by atoms with Crippen molar-refractivity contribution in [3.05, 3.63) is 59.2 Å². The van der Waals surface area contributed by atoms with E-state index in [1.54, 1.807) is 12.1 Å². The molecule has 0 saturated heterocycles. The minimum atomic E-state index is -0.266. The second-order valence-corrected chi connectivity index (χ2v) is 5.43. The summed E-state index contributed by atoms with van der Waals surface area (Å²) in [5.74, 6) is 0.684. The second kappa shape index (κ2) is 6.18. The molecule has 23 heavy (non-hydrogen) atoms. The second-order valence-electron chi connectivity index (χ2n) is 5.43. The van der Waals surface area contributed by atoms with Gasteiger partial charge in [0.2, 0.25) is 0 Å². The van der Waals surface area contributed by atoms with Gasteiger partial charge in [0.15, 0.2) is 0 Å². The molecule has 0 fully saturated rings. The summed E-state index contributed by atoms with van der Waals surface area (Å²) in [6.07, 6.45) is 1.52. The lowest BCUT2D eigenvalue weighted by Gasteiger charge is -2.06. The number of carbonyl (C=O) groups excluding carboxylic acids is 1. The largest absolute Gasteiger partial charge is 0.392 e. The maximum Gasteiger partial charge on any atom is 0.270 e. The summed E-state index contributed by atoms with van der Waals surface area (Å²) in [4.78, 5) is 20.6. The normalized spacial score (nSPS) is 10.9. The number of nitrogens with one attached hydrogen (secondary N) is 1. The third kappa shape index (κ3) is 3.07. The first-order chi connectivity index (χ1) is 11.1. The van der Waals surface area contributed by atoms with Crippen molar-refractivity contribution in [3.63, 3.8) is 0 Å². The molecule has 0 bridgehead atoms. The lowest BCUT2D eigenvalue weighted by molar-refractivity contribution is 0.0945. The van der Waals surface area contributed by atoms with Crippen LogP contribution in [0.15, 0.2) is 36.5 Å². The Morgan fingerprint density at radius 3 is 2.87 bits per heavy atom. The Kier molecular flexibility index (Phi) is 4.08. The number of amides is 1. The molecule has 1 aromatic carbocycles. The molecule has 0 atom stereocenters. The van der Waals surface area contributed by atoms with Gasteiger partial charge in [0, 0.05) is 19.8 Å². The van der Waals surface area contributed by atoms with Crippen molar-refractivity contribution < 1.29 is 9.90 Å². The number of aryl methyl sites for hydroxylation is 2. The zero-order valence-electron chi connectivity index (χ0n) is 13.1. The number of nitrogens with zero attached hydrogens (tertiary/aromatic N) is 3. The maximum absolute atomic E-state index is 12.1. The predicted octanol–water partition coefficient (Wildman–Crippen LogP) is 1.70. The Morgan fingerprint density at radius 1 is 1.26 bits per heavy atom. The Balaban J connectivity index is 1.73. The number of hydrogen-bond donors (Lipinski definition) is 2. The number of hydrogen-bond acceptors (Lipinski definition) is 4. The smallest absolute Gasteiger partial charge is 0.270 e. The van der Waals surface area contributed by atoms with Crippen molar-refractivity contribution in [2.45, 2.75) is 20.1 Å². The molecule has 0 saturated carbocycles. The monoisotopic (exact) mass is 310 g/mol. The third-order valence-electron chi connectivity index (χ3n) is 3.86. The first-order valence-electron chi connectivity index (χ1n) is 7.34. The van der Waals surface area contributed by atoms with Crippen molar-refractivity contribution >= 4 is 16.9 Å². The van der Waals surface area contributed by atoms with E-state index >= 15 is 0 Å². The highest BCUT2D eigenvalue weighted by molar-refractivity contribution is 5.92. The summed E-state index contributed by atoms with van der Waals surface area (Å²) < 4.78 is 2.03. The third-order valence-corrected chi connectivity index (χ3v) is 3.86. The molecule has 3 rings (SSSR count). The molecule has 0 aliphatic carbocycles. The number of aliphatic hydroxyl groups is 1. The van der Waals surface area contributed by atoms with Gasteiger partial charge in [0.25, 0.3) is 5.91 Å². The maximum atomic E-state index is 12.1. The van der Waals surface area contributed by atoms with E-state index < -0.39 is 0 Å². The zero-order chi connectivity index (χ0) is 16.4. The van der Waals surface area contributed by atoms with E-state index in [-0.39, 0.29) is 12.5 Å². The Bertz CT molecular complexity index is 870. The molecule has 1 amide bonds. The predicted molar refractivity (Wildman–Crippen MR) is 86.8 cm³/mol. The number of benzene rings is 1. The molecule has 118 valence electrons. The van der Waals surface area contributed by atoms with Gasteiger partial charge in [-0.15, -0.1) is 0 Å². The number of pyridine rings is 1. The van der Waals surface area contributed by atoms with Gasteiger partial charge < -0.3 is 15.0 Å². The van der Waals surface area contributed by atoms with Crippen LogP contribution in [0.25, 0.3) is 11.0 Å². The molecule has 2 N–H and O–H groups in total. The van der Waals surface area contributed by atoms with Crippen LogP contribution in [0.1, 0.15) is 27.4 Å². The van der Waals surface area contributed by atoms with Gasteiger partial charge in [-0.3, -0.25) is 9.78 Å². The van der Waals surface area contributed by atoms with Crippen molar-refractivity contribution in [3.8, 4) is 0 Å². The van der Waals surface area contributed by atoms with E-state index in [4.69, 9.17) is 5.11 Å². The van der Waals surface area contributed by atoms with Gasteiger partial charge in [-0.2, -0.15) is 0 Å². The summed E-state index contributed by atoms with van der Waals surface area (Å²) in [6.45, 7) is 2.25. The van der Waals surface area contributed by atoms with Crippen LogP contribution in [0.2, 0.25) is 0 Å². The summed E-state index contributed by atoms with van der Waals surface area (Å²) >= 11 is 0. The highest BCUT2D eigenvalue weighted by Crippen LogP contribution is 2.16. The van der Waals surface area contributed by atoms with Gasteiger partial charge >= 0.3 is 0 Å². The van der Waals surface area contributed by atoms with E-state index in [0.717, 1.165) is 22.4 Å². The van der Waals surface area contributed by atoms with Crippen LogP contribution in [0.5, 0.6) is 0 Å². The molecule has 3 aromatic rings. The van der Waals surface area contributed by atoms with Gasteiger partial charge in [-0.25, -0.2) is 4.98 Å². The number of fused-ring (bicyclic) bond motifs is 1. The molecule has 2 heterocycles. The van der Waals surface area contributed by atoms with E-state index in [1.165, 1.54) is 6.20 Å². The quantitative estimate of drug-likeness (QED) is 0.768. The van der Waals surface area contributed by atoms with Crippen molar-refractivity contribution in [1.29, 1.82) is 0 Å². The van der Waals surface area contributed by atoms with Gasteiger partial charge in [-0.1, -0.05) is 6.07 Å². The first-order valence-corrected chi connectivity index (χ1v) is 7.34. The topological polar surface area (TPSA) is 80.0 Å². The van der Waals surface area contributed by atoms with E-state index in [9.17, 15) is 4.79 Å². The Hall–Kier alpha value is -2.73. The minimum absolute atomic E-state index is 0.113. The number of aliphatic hydroxyl groups excluding tert-OH is 1.